The predicted molar refractivity (Wildman–Crippen MR) is 95.2 cm³/mol. The SMILES string of the molecule is CC1C(N2CCCN(C)C2=O)CCCN1C(=O)OCc1ccccc1. The molecule has 0 radical (unpaired) electrons. The standard InChI is InChI=1S/C19H27N3O3/c1-15-17(22-13-7-11-20(2)18(22)23)10-6-12-21(15)19(24)25-14-16-8-4-3-5-9-16/h3-5,8-9,15,17H,6-7,10-14H2,1-2H3. The van der Waals surface area contributed by atoms with Gasteiger partial charge in [0.25, 0.3) is 0 Å². The first-order chi connectivity index (χ1) is 12.1. The summed E-state index contributed by atoms with van der Waals surface area (Å²) in [5, 5.41) is 0. The summed E-state index contributed by atoms with van der Waals surface area (Å²) >= 11 is 0. The lowest BCUT2D eigenvalue weighted by Gasteiger charge is -2.46. The van der Waals surface area contributed by atoms with Crippen LogP contribution in [0.4, 0.5) is 9.59 Å². The molecule has 0 aliphatic carbocycles. The van der Waals surface area contributed by atoms with Crippen LogP contribution in [0, 0.1) is 0 Å². The highest BCUT2D eigenvalue weighted by Gasteiger charge is 2.39. The number of carbonyl (C=O) groups is 2. The van der Waals surface area contributed by atoms with E-state index in [4.69, 9.17) is 4.74 Å². The molecule has 2 fully saturated rings. The molecule has 3 amide bonds. The monoisotopic (exact) mass is 345 g/mol. The van der Waals surface area contributed by atoms with E-state index in [0.717, 1.165) is 37.9 Å². The fourth-order valence-corrected chi connectivity index (χ4v) is 3.80. The third-order valence-corrected chi connectivity index (χ3v) is 5.25. The number of likely N-dealkylation sites (tertiary alicyclic amines) is 1. The third-order valence-electron chi connectivity index (χ3n) is 5.25. The Morgan fingerprint density at radius 1 is 1.16 bits per heavy atom. The van der Waals surface area contributed by atoms with Gasteiger partial charge < -0.3 is 19.4 Å². The molecule has 6 heteroatoms. The average molecular weight is 345 g/mol. The molecule has 3 rings (SSSR count). The molecule has 25 heavy (non-hydrogen) atoms. The number of nitrogens with zero attached hydrogens (tertiary/aromatic N) is 3. The van der Waals surface area contributed by atoms with E-state index in [1.807, 2.05) is 49.2 Å². The van der Waals surface area contributed by atoms with E-state index < -0.39 is 0 Å². The fourth-order valence-electron chi connectivity index (χ4n) is 3.80. The van der Waals surface area contributed by atoms with E-state index in [1.54, 1.807) is 9.80 Å². The van der Waals surface area contributed by atoms with E-state index in [1.165, 1.54) is 0 Å². The molecule has 0 bridgehead atoms. The zero-order valence-corrected chi connectivity index (χ0v) is 15.1. The van der Waals surface area contributed by atoms with Crippen LogP contribution < -0.4 is 0 Å². The molecular weight excluding hydrogens is 318 g/mol. The van der Waals surface area contributed by atoms with Gasteiger partial charge in [-0.1, -0.05) is 30.3 Å². The highest BCUT2D eigenvalue weighted by Crippen LogP contribution is 2.26. The molecule has 2 atom stereocenters. The number of amides is 3. The maximum Gasteiger partial charge on any atom is 0.410 e. The molecule has 1 aromatic rings. The number of hydrogen-bond donors (Lipinski definition) is 0. The van der Waals surface area contributed by atoms with Crippen LogP contribution in [0.25, 0.3) is 0 Å². The van der Waals surface area contributed by atoms with E-state index in [2.05, 4.69) is 0 Å². The predicted octanol–water partition coefficient (Wildman–Crippen LogP) is 2.93. The summed E-state index contributed by atoms with van der Waals surface area (Å²) < 4.78 is 5.49. The molecule has 1 aromatic carbocycles. The van der Waals surface area contributed by atoms with Crippen LogP contribution >= 0.6 is 0 Å². The molecule has 2 unspecified atom stereocenters. The van der Waals surface area contributed by atoms with Crippen LogP contribution in [-0.4, -0.2) is 65.6 Å². The number of benzene rings is 1. The first-order valence-electron chi connectivity index (χ1n) is 9.07. The van der Waals surface area contributed by atoms with Gasteiger partial charge >= 0.3 is 12.1 Å². The van der Waals surface area contributed by atoms with Crippen molar-refractivity contribution in [3.63, 3.8) is 0 Å². The summed E-state index contributed by atoms with van der Waals surface area (Å²) in [7, 11) is 1.84. The van der Waals surface area contributed by atoms with Crippen molar-refractivity contribution in [3.05, 3.63) is 35.9 Å². The number of urea groups is 1. The van der Waals surface area contributed by atoms with Crippen molar-refractivity contribution in [2.45, 2.75) is 44.9 Å². The Kier molecular flexibility index (Phi) is 5.46. The Labute approximate surface area is 149 Å². The van der Waals surface area contributed by atoms with Gasteiger partial charge in [-0.25, -0.2) is 9.59 Å². The van der Waals surface area contributed by atoms with Gasteiger partial charge in [-0.05, 0) is 31.7 Å². The lowest BCUT2D eigenvalue weighted by atomic mass is 9.95. The number of ether oxygens (including phenoxy) is 1. The first kappa shape index (κ1) is 17.6. The zero-order valence-electron chi connectivity index (χ0n) is 15.1. The molecule has 6 nitrogen and oxygen atoms in total. The molecule has 0 aromatic heterocycles. The van der Waals surface area contributed by atoms with Crippen molar-refractivity contribution < 1.29 is 14.3 Å². The molecule has 0 spiro atoms. The second-order valence-corrected chi connectivity index (χ2v) is 6.93. The first-order valence-corrected chi connectivity index (χ1v) is 9.07. The van der Waals surface area contributed by atoms with Crippen LogP contribution in [0.5, 0.6) is 0 Å². The Morgan fingerprint density at radius 3 is 2.68 bits per heavy atom. The number of hydrogen-bond acceptors (Lipinski definition) is 3. The van der Waals surface area contributed by atoms with Crippen LogP contribution in [0.1, 0.15) is 31.7 Å². The lowest BCUT2D eigenvalue weighted by Crippen LogP contribution is -2.60. The van der Waals surface area contributed by atoms with Crippen molar-refractivity contribution in [2.75, 3.05) is 26.7 Å². The third kappa shape index (κ3) is 3.89. The Morgan fingerprint density at radius 2 is 1.92 bits per heavy atom. The van der Waals surface area contributed by atoms with Gasteiger partial charge in [-0.2, -0.15) is 0 Å². The van der Waals surface area contributed by atoms with Gasteiger partial charge in [0.2, 0.25) is 0 Å². The van der Waals surface area contributed by atoms with Crippen molar-refractivity contribution in [1.82, 2.24) is 14.7 Å². The second-order valence-electron chi connectivity index (χ2n) is 6.93. The Hall–Kier alpha value is -2.24. The summed E-state index contributed by atoms with van der Waals surface area (Å²) in [5.74, 6) is 0. The van der Waals surface area contributed by atoms with Gasteiger partial charge in [0.05, 0.1) is 12.1 Å². The summed E-state index contributed by atoms with van der Waals surface area (Å²) in [4.78, 5) is 30.5. The minimum atomic E-state index is -0.293. The lowest BCUT2D eigenvalue weighted by molar-refractivity contribution is 0.0286. The van der Waals surface area contributed by atoms with Crippen LogP contribution in [0.2, 0.25) is 0 Å². The molecule has 2 saturated heterocycles. The van der Waals surface area contributed by atoms with Crippen LogP contribution in [-0.2, 0) is 11.3 Å². The van der Waals surface area contributed by atoms with Crippen molar-refractivity contribution in [2.24, 2.45) is 0 Å². The summed E-state index contributed by atoms with van der Waals surface area (Å²) in [5.41, 5.74) is 0.977. The normalized spacial score (nSPS) is 24.4. The molecule has 2 heterocycles. The quantitative estimate of drug-likeness (QED) is 0.846. The van der Waals surface area contributed by atoms with E-state index >= 15 is 0 Å². The van der Waals surface area contributed by atoms with Gasteiger partial charge in [0.1, 0.15) is 6.61 Å². The Balaban J connectivity index is 1.62. The highest BCUT2D eigenvalue weighted by molar-refractivity contribution is 5.75. The zero-order chi connectivity index (χ0) is 17.8. The van der Waals surface area contributed by atoms with Crippen LogP contribution in [0.3, 0.4) is 0 Å². The average Bonchev–Trinajstić information content (AvgIpc) is 2.63. The smallest absolute Gasteiger partial charge is 0.410 e. The summed E-state index contributed by atoms with van der Waals surface area (Å²) in [6, 6.07) is 9.79. The summed E-state index contributed by atoms with van der Waals surface area (Å²) in [6.07, 6.45) is 2.51. The maximum atomic E-state index is 12.5. The van der Waals surface area contributed by atoms with Gasteiger partial charge in [0, 0.05) is 26.7 Å². The minimum absolute atomic E-state index is 0.0347. The van der Waals surface area contributed by atoms with Crippen molar-refractivity contribution in [1.29, 1.82) is 0 Å². The van der Waals surface area contributed by atoms with Gasteiger partial charge in [-0.3, -0.25) is 0 Å². The van der Waals surface area contributed by atoms with E-state index in [-0.39, 0.29) is 30.8 Å². The van der Waals surface area contributed by atoms with Crippen molar-refractivity contribution in [3.8, 4) is 0 Å². The molecule has 0 saturated carbocycles. The van der Waals surface area contributed by atoms with Crippen molar-refractivity contribution >= 4 is 12.1 Å². The largest absolute Gasteiger partial charge is 0.445 e. The molecule has 136 valence electrons. The second kappa shape index (κ2) is 7.76. The fraction of sp³-hybridized carbons (Fsp3) is 0.579. The highest BCUT2D eigenvalue weighted by atomic mass is 16.6. The van der Waals surface area contributed by atoms with E-state index in [0.29, 0.717) is 6.54 Å². The number of piperidine rings is 1. The molecule has 2 aliphatic rings. The van der Waals surface area contributed by atoms with E-state index in [9.17, 15) is 9.59 Å². The van der Waals surface area contributed by atoms with Gasteiger partial charge in [0.15, 0.2) is 0 Å². The molecular formula is C19H27N3O3. The van der Waals surface area contributed by atoms with Crippen LogP contribution in [0.15, 0.2) is 30.3 Å². The molecule has 2 aliphatic heterocycles. The summed E-state index contributed by atoms with van der Waals surface area (Å²) in [6.45, 7) is 4.56. The van der Waals surface area contributed by atoms with Gasteiger partial charge in [-0.15, -0.1) is 0 Å². The Bertz CT molecular complexity index is 607. The minimum Gasteiger partial charge on any atom is -0.445 e. The maximum absolute atomic E-state index is 12.5. The number of rotatable bonds is 3. The topological polar surface area (TPSA) is 53.1 Å². The molecule has 0 N–H and O–H groups in total. The number of carbonyl (C=O) groups excluding carboxylic acids is 2.